The van der Waals surface area contributed by atoms with Gasteiger partial charge in [0.2, 0.25) is 10.0 Å². The van der Waals surface area contributed by atoms with E-state index in [1.807, 2.05) is 20.8 Å². The van der Waals surface area contributed by atoms with Gasteiger partial charge in [0.1, 0.15) is 5.82 Å². The maximum Gasteiger partial charge on any atom is 0.251 e. The fourth-order valence-electron chi connectivity index (χ4n) is 2.58. The summed E-state index contributed by atoms with van der Waals surface area (Å²) in [4.78, 5) is 4.22. The maximum absolute atomic E-state index is 13.8. The van der Waals surface area contributed by atoms with Crippen LogP contribution in [-0.2, 0) is 22.0 Å². The lowest BCUT2D eigenvalue weighted by Gasteiger charge is -2.30. The van der Waals surface area contributed by atoms with Gasteiger partial charge in [-0.15, -0.1) is 0 Å². The van der Waals surface area contributed by atoms with Crippen LogP contribution in [0.25, 0.3) is 0 Å². The Morgan fingerprint density at radius 2 is 2.04 bits per heavy atom. The van der Waals surface area contributed by atoms with E-state index in [0.29, 0.717) is 24.5 Å². The highest BCUT2D eigenvalue weighted by atomic mass is 32.2. The van der Waals surface area contributed by atoms with Gasteiger partial charge in [-0.25, -0.2) is 26.9 Å². The predicted octanol–water partition coefficient (Wildman–Crippen LogP) is 2.35. The zero-order chi connectivity index (χ0) is 17.3. The Balaban J connectivity index is 1.95. The number of nitrogens with zero attached hydrogens (tertiary/aromatic N) is 2. The summed E-state index contributed by atoms with van der Waals surface area (Å²) in [5, 5.41) is 6.70. The van der Waals surface area contributed by atoms with Crippen LogP contribution in [0.5, 0.6) is 0 Å². The van der Waals surface area contributed by atoms with Crippen LogP contribution in [0, 0.1) is 5.92 Å². The third-order valence-corrected chi connectivity index (χ3v) is 5.42. The summed E-state index contributed by atoms with van der Waals surface area (Å²) in [7, 11) is -3.79. The number of alkyl halides is 2. The number of hydrogen-bond acceptors (Lipinski definition) is 4. The molecule has 2 rings (SSSR count). The Morgan fingerprint density at radius 3 is 2.61 bits per heavy atom. The van der Waals surface area contributed by atoms with Gasteiger partial charge in [-0.1, -0.05) is 27.2 Å². The third kappa shape index (κ3) is 4.94. The smallest absolute Gasteiger partial charge is 0.251 e. The number of H-pyrrole nitrogens is 1. The first kappa shape index (κ1) is 18.3. The Labute approximate surface area is 135 Å². The van der Waals surface area contributed by atoms with Gasteiger partial charge in [0.15, 0.2) is 5.82 Å². The molecule has 132 valence electrons. The molecule has 1 saturated carbocycles. The van der Waals surface area contributed by atoms with Gasteiger partial charge >= 0.3 is 0 Å². The van der Waals surface area contributed by atoms with Crippen molar-refractivity contribution >= 4 is 10.0 Å². The summed E-state index contributed by atoms with van der Waals surface area (Å²) >= 11 is 0. The number of aromatic amines is 1. The molecular weight excluding hydrogens is 326 g/mol. The SMILES string of the molecule is CC(C)(C)c1n[nH]c(CNS(=O)(=O)CC2CCCCC2(F)F)n1. The number of halogens is 2. The maximum atomic E-state index is 13.8. The minimum Gasteiger partial charge on any atom is -0.262 e. The molecule has 9 heteroatoms. The van der Waals surface area contributed by atoms with Gasteiger partial charge in [0.25, 0.3) is 5.92 Å². The van der Waals surface area contributed by atoms with Gasteiger partial charge in [0.05, 0.1) is 12.3 Å². The molecule has 0 bridgehead atoms. The lowest BCUT2D eigenvalue weighted by atomic mass is 9.87. The van der Waals surface area contributed by atoms with Crippen molar-refractivity contribution in [1.29, 1.82) is 0 Å². The van der Waals surface area contributed by atoms with Crippen LogP contribution in [0.1, 0.15) is 58.1 Å². The highest BCUT2D eigenvalue weighted by molar-refractivity contribution is 7.89. The van der Waals surface area contributed by atoms with E-state index in [0.717, 1.165) is 0 Å². The fourth-order valence-corrected chi connectivity index (χ4v) is 4.00. The Hall–Kier alpha value is -1.09. The minimum atomic E-state index is -3.79. The first-order valence-electron chi connectivity index (χ1n) is 7.76. The van der Waals surface area contributed by atoms with E-state index in [4.69, 9.17) is 0 Å². The zero-order valence-corrected chi connectivity index (χ0v) is 14.5. The summed E-state index contributed by atoms with van der Waals surface area (Å²) < 4.78 is 54.0. The van der Waals surface area contributed by atoms with Crippen molar-refractivity contribution in [1.82, 2.24) is 19.9 Å². The van der Waals surface area contributed by atoms with Crippen LogP contribution < -0.4 is 4.72 Å². The number of nitrogens with one attached hydrogen (secondary N) is 2. The number of aromatic nitrogens is 3. The molecule has 1 unspecified atom stereocenters. The highest BCUT2D eigenvalue weighted by Gasteiger charge is 2.43. The molecule has 0 aromatic carbocycles. The summed E-state index contributed by atoms with van der Waals surface area (Å²) in [5.74, 6) is -3.63. The second kappa shape index (κ2) is 6.43. The second-order valence-corrected chi connectivity index (χ2v) is 9.01. The molecule has 1 aliphatic carbocycles. The molecule has 2 N–H and O–H groups in total. The van der Waals surface area contributed by atoms with Crippen molar-refractivity contribution < 1.29 is 17.2 Å². The average molecular weight is 350 g/mol. The van der Waals surface area contributed by atoms with Crippen molar-refractivity contribution in [3.63, 3.8) is 0 Å². The molecule has 1 aromatic heterocycles. The van der Waals surface area contributed by atoms with E-state index in [9.17, 15) is 17.2 Å². The molecule has 0 spiro atoms. The molecule has 0 aliphatic heterocycles. The highest BCUT2D eigenvalue weighted by Crippen LogP contribution is 2.38. The van der Waals surface area contributed by atoms with E-state index >= 15 is 0 Å². The lowest BCUT2D eigenvalue weighted by molar-refractivity contribution is -0.0771. The molecule has 1 fully saturated rings. The zero-order valence-electron chi connectivity index (χ0n) is 13.7. The Morgan fingerprint density at radius 1 is 1.35 bits per heavy atom. The number of sulfonamides is 1. The molecular formula is C14H24F2N4O2S. The quantitative estimate of drug-likeness (QED) is 0.853. The number of rotatable bonds is 5. The Kier molecular flexibility index (Phi) is 5.10. The normalized spacial score (nSPS) is 22.2. The molecule has 1 aliphatic rings. The van der Waals surface area contributed by atoms with Crippen molar-refractivity contribution in [2.45, 2.75) is 64.3 Å². The fraction of sp³-hybridized carbons (Fsp3) is 0.857. The van der Waals surface area contributed by atoms with E-state index in [1.54, 1.807) is 0 Å². The van der Waals surface area contributed by atoms with E-state index in [1.165, 1.54) is 0 Å². The molecule has 1 atom stereocenters. The van der Waals surface area contributed by atoms with E-state index in [2.05, 4.69) is 19.9 Å². The standard InChI is InChI=1S/C14H24F2N4O2S/c1-13(2,3)12-18-11(19-20-12)8-17-23(21,22)9-10-6-4-5-7-14(10,15)16/h10,17H,4-9H2,1-3H3,(H,18,19,20). The summed E-state index contributed by atoms with van der Waals surface area (Å²) in [6, 6.07) is 0. The largest absolute Gasteiger partial charge is 0.262 e. The average Bonchev–Trinajstić information content (AvgIpc) is 2.88. The minimum absolute atomic E-state index is 0.0797. The summed E-state index contributed by atoms with van der Waals surface area (Å²) in [5.41, 5.74) is -0.252. The van der Waals surface area contributed by atoms with Crippen LogP contribution in [0.3, 0.4) is 0 Å². The van der Waals surface area contributed by atoms with E-state index in [-0.39, 0.29) is 24.8 Å². The molecule has 0 amide bonds. The molecule has 0 radical (unpaired) electrons. The van der Waals surface area contributed by atoms with Gasteiger partial charge in [0, 0.05) is 17.8 Å². The number of hydrogen-bond donors (Lipinski definition) is 2. The van der Waals surface area contributed by atoms with Crippen molar-refractivity contribution in [2.24, 2.45) is 5.92 Å². The first-order valence-corrected chi connectivity index (χ1v) is 9.42. The van der Waals surface area contributed by atoms with Gasteiger partial charge in [-0.05, 0) is 12.8 Å². The molecule has 6 nitrogen and oxygen atoms in total. The topological polar surface area (TPSA) is 87.7 Å². The van der Waals surface area contributed by atoms with E-state index < -0.39 is 27.6 Å². The summed E-state index contributed by atoms with van der Waals surface area (Å²) in [6.45, 7) is 5.74. The molecule has 23 heavy (non-hydrogen) atoms. The van der Waals surface area contributed by atoms with Crippen LogP contribution in [0.4, 0.5) is 8.78 Å². The second-order valence-electron chi connectivity index (χ2n) is 7.16. The van der Waals surface area contributed by atoms with Crippen LogP contribution in [-0.4, -0.2) is 35.3 Å². The van der Waals surface area contributed by atoms with Gasteiger partial charge in [-0.3, -0.25) is 5.10 Å². The van der Waals surface area contributed by atoms with Gasteiger partial charge in [-0.2, -0.15) is 5.10 Å². The van der Waals surface area contributed by atoms with Crippen molar-refractivity contribution in [3.8, 4) is 0 Å². The Bertz CT molecular complexity index is 637. The summed E-state index contributed by atoms with van der Waals surface area (Å²) in [6.07, 6.45) is 1.10. The van der Waals surface area contributed by atoms with Gasteiger partial charge < -0.3 is 0 Å². The van der Waals surface area contributed by atoms with Crippen LogP contribution in [0.15, 0.2) is 0 Å². The van der Waals surface area contributed by atoms with Crippen molar-refractivity contribution in [3.05, 3.63) is 11.6 Å². The molecule has 0 saturated heterocycles. The molecule has 1 aromatic rings. The third-order valence-electron chi connectivity index (χ3n) is 3.99. The van der Waals surface area contributed by atoms with Crippen LogP contribution in [0.2, 0.25) is 0 Å². The molecule has 1 heterocycles. The first-order chi connectivity index (χ1) is 10.5. The van der Waals surface area contributed by atoms with Crippen LogP contribution >= 0.6 is 0 Å². The lowest BCUT2D eigenvalue weighted by Crippen LogP contribution is -2.40. The monoisotopic (exact) mass is 350 g/mol. The predicted molar refractivity (Wildman–Crippen MR) is 82.6 cm³/mol. The van der Waals surface area contributed by atoms with Crippen molar-refractivity contribution in [2.75, 3.05) is 5.75 Å².